The first kappa shape index (κ1) is 73.3. The fraction of sp³-hybridized carbons (Fsp3) is 0.913. The maximum Gasteiger partial charge on any atom is 0.305 e. The Kier molecular flexibility index (Phi) is 63.4. The van der Waals surface area contributed by atoms with Crippen LogP contribution in [0.1, 0.15) is 380 Å². The van der Waals surface area contributed by atoms with E-state index in [2.05, 4.69) is 31.3 Å². The molecule has 0 aliphatic rings. The summed E-state index contributed by atoms with van der Waals surface area (Å²) in [4.78, 5) is 24.6. The van der Waals surface area contributed by atoms with Crippen molar-refractivity contribution in [2.45, 2.75) is 392 Å². The van der Waals surface area contributed by atoms with Gasteiger partial charge in [0.1, 0.15) is 0 Å². The number of hydrogen-bond donors (Lipinski definition) is 3. The van der Waals surface area contributed by atoms with E-state index in [1.54, 1.807) is 6.08 Å². The van der Waals surface area contributed by atoms with Crippen LogP contribution in [0, 0.1) is 0 Å². The number of amides is 1. The zero-order valence-electron chi connectivity index (χ0n) is 50.8. The topological polar surface area (TPSA) is 95.9 Å². The molecule has 0 aromatic heterocycles. The highest BCUT2D eigenvalue weighted by molar-refractivity contribution is 5.76. The lowest BCUT2D eigenvalue weighted by Gasteiger charge is -2.20. The summed E-state index contributed by atoms with van der Waals surface area (Å²) in [5.41, 5.74) is 0. The summed E-state index contributed by atoms with van der Waals surface area (Å²) in [6, 6.07) is -0.627. The number of aliphatic hydroxyl groups excluding tert-OH is 2. The van der Waals surface area contributed by atoms with Gasteiger partial charge in [-0.25, -0.2) is 0 Å². The normalized spacial score (nSPS) is 12.6. The van der Waals surface area contributed by atoms with Gasteiger partial charge in [-0.1, -0.05) is 334 Å². The second kappa shape index (κ2) is 64.9. The van der Waals surface area contributed by atoms with Crippen LogP contribution in [-0.2, 0) is 14.3 Å². The van der Waals surface area contributed by atoms with Gasteiger partial charge in [-0.3, -0.25) is 9.59 Å². The summed E-state index contributed by atoms with van der Waals surface area (Å²) in [5, 5.41) is 23.2. The lowest BCUT2D eigenvalue weighted by Crippen LogP contribution is -2.45. The molecule has 0 saturated heterocycles. The van der Waals surface area contributed by atoms with Gasteiger partial charge in [-0.2, -0.15) is 0 Å². The first-order valence-electron chi connectivity index (χ1n) is 34.1. The van der Waals surface area contributed by atoms with Crippen molar-refractivity contribution in [2.24, 2.45) is 0 Å². The molecule has 3 N–H and O–H groups in total. The van der Waals surface area contributed by atoms with Crippen LogP contribution in [0.25, 0.3) is 0 Å². The number of ether oxygens (including phenoxy) is 1. The molecule has 0 aromatic rings. The SMILES string of the molecule is CCCCCCCC/C=C\CCCCCCCC(=O)OCCCCCCCCCCCCCCCCCCCCCCCCCCC(=O)NC(CO)C(O)/C=C/CCCCCCCCCCCCCCCCCCC. The second-order valence-corrected chi connectivity index (χ2v) is 23.5. The van der Waals surface area contributed by atoms with Crippen molar-refractivity contribution >= 4 is 11.9 Å². The van der Waals surface area contributed by atoms with Crippen LogP contribution >= 0.6 is 0 Å². The van der Waals surface area contributed by atoms with E-state index >= 15 is 0 Å². The van der Waals surface area contributed by atoms with Crippen LogP contribution in [0.3, 0.4) is 0 Å². The van der Waals surface area contributed by atoms with Crippen molar-refractivity contribution in [2.75, 3.05) is 13.2 Å². The van der Waals surface area contributed by atoms with E-state index in [1.807, 2.05) is 6.08 Å². The van der Waals surface area contributed by atoms with Crippen LogP contribution in [0.5, 0.6) is 0 Å². The largest absolute Gasteiger partial charge is 0.466 e. The van der Waals surface area contributed by atoms with Crippen molar-refractivity contribution in [1.82, 2.24) is 5.32 Å². The number of carbonyl (C=O) groups excluding carboxylic acids is 2. The van der Waals surface area contributed by atoms with E-state index < -0.39 is 12.1 Å². The molecule has 0 aliphatic heterocycles. The molecule has 0 spiro atoms. The molecule has 2 atom stereocenters. The molecule has 0 aromatic carbocycles. The molecule has 1 amide bonds. The Morgan fingerprint density at radius 2 is 0.627 bits per heavy atom. The van der Waals surface area contributed by atoms with Gasteiger partial charge in [0.05, 0.1) is 25.4 Å². The molecule has 0 bridgehead atoms. The van der Waals surface area contributed by atoms with Gasteiger partial charge in [0.2, 0.25) is 5.91 Å². The van der Waals surface area contributed by atoms with E-state index in [0.29, 0.717) is 19.4 Å². The number of esters is 1. The predicted molar refractivity (Wildman–Crippen MR) is 329 cm³/mol. The minimum absolute atomic E-state index is 0.00771. The summed E-state index contributed by atoms with van der Waals surface area (Å²) in [6.07, 6.45) is 81.0. The molecule has 6 nitrogen and oxygen atoms in total. The monoisotopic (exact) mass is 1060 g/mol. The van der Waals surface area contributed by atoms with E-state index in [9.17, 15) is 19.8 Å². The fourth-order valence-corrected chi connectivity index (χ4v) is 10.7. The predicted octanol–water partition coefficient (Wildman–Crippen LogP) is 21.8. The summed E-state index contributed by atoms with van der Waals surface area (Å²) >= 11 is 0. The van der Waals surface area contributed by atoms with Gasteiger partial charge < -0.3 is 20.3 Å². The number of aliphatic hydroxyl groups is 2. The van der Waals surface area contributed by atoms with E-state index in [0.717, 1.165) is 44.9 Å². The molecule has 0 rings (SSSR count). The third kappa shape index (κ3) is 61.4. The Morgan fingerprint density at radius 3 is 0.947 bits per heavy atom. The average Bonchev–Trinajstić information content (AvgIpc) is 3.41. The molecule has 0 radical (unpaired) electrons. The average molecular weight is 1060 g/mol. The zero-order valence-corrected chi connectivity index (χ0v) is 50.8. The number of allylic oxidation sites excluding steroid dienone is 3. The van der Waals surface area contributed by atoms with E-state index in [4.69, 9.17) is 4.74 Å². The minimum Gasteiger partial charge on any atom is -0.466 e. The van der Waals surface area contributed by atoms with Gasteiger partial charge in [0.15, 0.2) is 0 Å². The highest BCUT2D eigenvalue weighted by atomic mass is 16.5. The van der Waals surface area contributed by atoms with Crippen LogP contribution in [0.4, 0.5) is 0 Å². The summed E-state index contributed by atoms with van der Waals surface area (Å²) in [6.45, 7) is 4.93. The van der Waals surface area contributed by atoms with Gasteiger partial charge >= 0.3 is 5.97 Å². The summed E-state index contributed by atoms with van der Waals surface area (Å²) in [7, 11) is 0. The van der Waals surface area contributed by atoms with Crippen molar-refractivity contribution in [3.05, 3.63) is 24.3 Å². The summed E-state index contributed by atoms with van der Waals surface area (Å²) < 4.78 is 5.49. The molecular formula is C69H133NO5. The Bertz CT molecular complexity index is 1170. The quantitative estimate of drug-likeness (QED) is 0.0320. The molecule has 444 valence electrons. The zero-order chi connectivity index (χ0) is 54.3. The van der Waals surface area contributed by atoms with Crippen molar-refractivity contribution < 1.29 is 24.5 Å². The lowest BCUT2D eigenvalue weighted by atomic mass is 10.0. The Hall–Kier alpha value is -1.66. The second-order valence-electron chi connectivity index (χ2n) is 23.5. The highest BCUT2D eigenvalue weighted by Crippen LogP contribution is 2.18. The molecule has 2 unspecified atom stereocenters. The van der Waals surface area contributed by atoms with E-state index in [1.165, 1.54) is 308 Å². The number of hydrogen-bond acceptors (Lipinski definition) is 5. The van der Waals surface area contributed by atoms with Gasteiger partial charge in [-0.05, 0) is 57.8 Å². The van der Waals surface area contributed by atoms with Crippen molar-refractivity contribution in [3.63, 3.8) is 0 Å². The maximum atomic E-state index is 12.5. The molecule has 0 aliphatic carbocycles. The fourth-order valence-electron chi connectivity index (χ4n) is 10.7. The number of rotatable bonds is 64. The van der Waals surface area contributed by atoms with Crippen LogP contribution in [0.15, 0.2) is 24.3 Å². The van der Waals surface area contributed by atoms with E-state index in [-0.39, 0.29) is 18.5 Å². The smallest absolute Gasteiger partial charge is 0.305 e. The Balaban J connectivity index is 3.39. The third-order valence-corrected chi connectivity index (χ3v) is 16.0. The van der Waals surface area contributed by atoms with Gasteiger partial charge in [0.25, 0.3) is 0 Å². The molecule has 6 heteroatoms. The third-order valence-electron chi connectivity index (χ3n) is 16.0. The van der Waals surface area contributed by atoms with Crippen LogP contribution < -0.4 is 5.32 Å². The maximum absolute atomic E-state index is 12.5. The first-order chi connectivity index (χ1) is 37.0. The van der Waals surface area contributed by atoms with Gasteiger partial charge in [-0.15, -0.1) is 0 Å². The molecular weight excluding hydrogens is 923 g/mol. The highest BCUT2D eigenvalue weighted by Gasteiger charge is 2.18. The molecule has 0 saturated carbocycles. The molecule has 75 heavy (non-hydrogen) atoms. The van der Waals surface area contributed by atoms with Crippen molar-refractivity contribution in [1.29, 1.82) is 0 Å². The minimum atomic E-state index is -0.844. The molecule has 0 fully saturated rings. The lowest BCUT2D eigenvalue weighted by molar-refractivity contribution is -0.143. The standard InChI is InChI=1S/C69H133NO5/c1-3-5-7-9-11-13-15-17-19-20-27-30-34-37-41-45-49-53-57-61-67(72)66(65-71)70-68(73)62-58-54-50-46-42-38-35-31-28-25-23-21-22-24-26-29-32-36-40-44-48-52-56-60-64-75-69(74)63-59-55-51-47-43-39-33-18-16-14-12-10-8-6-4-2/h18,33,57,61,66-67,71-72H,3-17,19-32,34-56,58-60,62-65H2,1-2H3,(H,70,73)/b33-18-,61-57+. The number of nitrogens with one attached hydrogen (secondary N) is 1. The van der Waals surface area contributed by atoms with Crippen molar-refractivity contribution in [3.8, 4) is 0 Å². The van der Waals surface area contributed by atoms with Gasteiger partial charge in [0, 0.05) is 12.8 Å². The first-order valence-corrected chi connectivity index (χ1v) is 34.1. The number of carbonyl (C=O) groups is 2. The van der Waals surface area contributed by atoms with Crippen LogP contribution in [-0.4, -0.2) is 47.4 Å². The Labute approximate surface area is 469 Å². The summed E-state index contributed by atoms with van der Waals surface area (Å²) in [5.74, 6) is -0.0557. The Morgan fingerprint density at radius 1 is 0.360 bits per heavy atom. The number of unbranched alkanes of at least 4 members (excludes halogenated alkanes) is 51. The van der Waals surface area contributed by atoms with Crippen LogP contribution in [0.2, 0.25) is 0 Å². The molecule has 0 heterocycles.